The van der Waals surface area contributed by atoms with Crippen LogP contribution in [0.4, 0.5) is 15.3 Å². The van der Waals surface area contributed by atoms with Gasteiger partial charge in [-0.05, 0) is 90.5 Å². The number of guanidine groups is 1. The number of nitrogens with zero attached hydrogens (tertiary/aromatic N) is 1. The Morgan fingerprint density at radius 2 is 1.54 bits per heavy atom. The average molecular weight is 389 g/mol. The average Bonchev–Trinajstić information content (AvgIpc) is 2.50. The SMILES string of the molecule is CC(C)(C)OC(=O)/N=C(/NC(=O)OC(C)(C)C)Nc1ccc2c(c1)CCCC2. The lowest BCUT2D eigenvalue weighted by Crippen LogP contribution is -2.40. The Balaban J connectivity index is 2.19. The number of hydrogen-bond acceptors (Lipinski definition) is 4. The Hall–Kier alpha value is -2.57. The molecule has 2 rings (SSSR count). The summed E-state index contributed by atoms with van der Waals surface area (Å²) in [5.74, 6) is -0.0424. The number of nitrogens with one attached hydrogen (secondary N) is 2. The van der Waals surface area contributed by atoms with Crippen molar-refractivity contribution in [3.63, 3.8) is 0 Å². The first-order chi connectivity index (χ1) is 12.9. The standard InChI is InChI=1S/C21H31N3O4/c1-20(2,3)27-18(25)23-17(24-19(26)28-21(4,5)6)22-16-12-11-14-9-7-8-10-15(14)13-16/h11-13H,7-10H2,1-6H3,(H2,22,23,24,25,26). The van der Waals surface area contributed by atoms with Gasteiger partial charge in [-0.3, -0.25) is 5.32 Å². The predicted octanol–water partition coefficient (Wildman–Crippen LogP) is 4.79. The van der Waals surface area contributed by atoms with E-state index in [1.165, 1.54) is 17.5 Å². The van der Waals surface area contributed by atoms with Gasteiger partial charge in [0.2, 0.25) is 5.96 Å². The van der Waals surface area contributed by atoms with Crippen molar-refractivity contribution in [3.8, 4) is 0 Å². The number of carbonyl (C=O) groups excluding carboxylic acids is 2. The maximum absolute atomic E-state index is 12.2. The molecule has 1 aliphatic carbocycles. The summed E-state index contributed by atoms with van der Waals surface area (Å²) in [6, 6.07) is 6.00. The minimum absolute atomic E-state index is 0.0424. The first-order valence-corrected chi connectivity index (χ1v) is 9.62. The second kappa shape index (κ2) is 8.63. The first kappa shape index (κ1) is 21.7. The Morgan fingerprint density at radius 3 is 2.14 bits per heavy atom. The molecule has 0 spiro atoms. The smallest absolute Gasteiger partial charge is 0.437 e. The lowest BCUT2D eigenvalue weighted by atomic mass is 9.91. The molecule has 0 aromatic heterocycles. The summed E-state index contributed by atoms with van der Waals surface area (Å²) < 4.78 is 10.5. The minimum Gasteiger partial charge on any atom is -0.444 e. The fraction of sp³-hybridized carbons (Fsp3) is 0.571. The van der Waals surface area contributed by atoms with Crippen LogP contribution >= 0.6 is 0 Å². The summed E-state index contributed by atoms with van der Waals surface area (Å²) in [6.07, 6.45) is 2.94. The van der Waals surface area contributed by atoms with Gasteiger partial charge in [0.15, 0.2) is 0 Å². The lowest BCUT2D eigenvalue weighted by Gasteiger charge is -2.21. The van der Waals surface area contributed by atoms with Gasteiger partial charge in [0, 0.05) is 5.69 Å². The molecule has 2 N–H and O–H groups in total. The van der Waals surface area contributed by atoms with Crippen molar-refractivity contribution in [3.05, 3.63) is 29.3 Å². The Labute approximate surface area is 166 Å². The molecule has 0 atom stereocenters. The maximum atomic E-state index is 12.2. The molecule has 0 heterocycles. The number of ether oxygens (including phenoxy) is 2. The highest BCUT2D eigenvalue weighted by molar-refractivity contribution is 6.06. The van der Waals surface area contributed by atoms with E-state index in [-0.39, 0.29) is 5.96 Å². The van der Waals surface area contributed by atoms with Gasteiger partial charge in [-0.2, -0.15) is 0 Å². The van der Waals surface area contributed by atoms with Crippen molar-refractivity contribution in [2.24, 2.45) is 4.99 Å². The Morgan fingerprint density at radius 1 is 0.929 bits per heavy atom. The molecule has 154 valence electrons. The Kier molecular flexibility index (Phi) is 6.69. The van der Waals surface area contributed by atoms with Crippen molar-refractivity contribution >= 4 is 23.8 Å². The molecule has 2 amide bonds. The second-order valence-electron chi connectivity index (χ2n) is 8.88. The van der Waals surface area contributed by atoms with E-state index in [4.69, 9.17) is 9.47 Å². The van der Waals surface area contributed by atoms with Gasteiger partial charge in [0.05, 0.1) is 0 Å². The van der Waals surface area contributed by atoms with Crippen LogP contribution in [0.15, 0.2) is 23.2 Å². The van der Waals surface area contributed by atoms with Crippen molar-refractivity contribution < 1.29 is 19.1 Å². The van der Waals surface area contributed by atoms with Gasteiger partial charge >= 0.3 is 12.2 Å². The topological polar surface area (TPSA) is 89.0 Å². The monoisotopic (exact) mass is 389 g/mol. The lowest BCUT2D eigenvalue weighted by molar-refractivity contribution is 0.0562. The molecule has 1 aromatic carbocycles. The summed E-state index contributed by atoms with van der Waals surface area (Å²) >= 11 is 0. The molecule has 0 saturated heterocycles. The Bertz CT molecular complexity index is 758. The second-order valence-corrected chi connectivity index (χ2v) is 8.88. The van der Waals surface area contributed by atoms with Gasteiger partial charge in [0.1, 0.15) is 11.2 Å². The van der Waals surface area contributed by atoms with Crippen LogP contribution in [0.3, 0.4) is 0 Å². The van der Waals surface area contributed by atoms with E-state index < -0.39 is 23.4 Å². The van der Waals surface area contributed by atoms with Crippen LogP contribution < -0.4 is 10.6 Å². The fourth-order valence-corrected chi connectivity index (χ4v) is 2.81. The molecule has 1 aromatic rings. The molecule has 0 radical (unpaired) electrons. The third-order valence-corrected chi connectivity index (χ3v) is 3.83. The number of fused-ring (bicyclic) bond motifs is 1. The number of carbonyl (C=O) groups is 2. The van der Waals surface area contributed by atoms with Crippen LogP contribution in [0.1, 0.15) is 65.5 Å². The molecule has 28 heavy (non-hydrogen) atoms. The summed E-state index contributed by atoms with van der Waals surface area (Å²) in [6.45, 7) is 10.5. The van der Waals surface area contributed by atoms with Gasteiger partial charge < -0.3 is 14.8 Å². The van der Waals surface area contributed by atoms with E-state index >= 15 is 0 Å². The molecule has 0 saturated carbocycles. The number of amides is 2. The third kappa shape index (κ3) is 7.58. The van der Waals surface area contributed by atoms with Crippen molar-refractivity contribution in [2.45, 2.75) is 78.4 Å². The summed E-state index contributed by atoms with van der Waals surface area (Å²) in [5.41, 5.74) is 1.97. The predicted molar refractivity (Wildman–Crippen MR) is 110 cm³/mol. The molecule has 1 aliphatic rings. The fourth-order valence-electron chi connectivity index (χ4n) is 2.81. The van der Waals surface area contributed by atoms with E-state index in [0.29, 0.717) is 0 Å². The van der Waals surface area contributed by atoms with Gasteiger partial charge in [-0.1, -0.05) is 6.07 Å². The first-order valence-electron chi connectivity index (χ1n) is 9.62. The van der Waals surface area contributed by atoms with E-state index in [1.807, 2.05) is 12.1 Å². The maximum Gasteiger partial charge on any atom is 0.437 e. The van der Waals surface area contributed by atoms with E-state index in [9.17, 15) is 9.59 Å². The van der Waals surface area contributed by atoms with Gasteiger partial charge in [-0.15, -0.1) is 4.99 Å². The zero-order chi connectivity index (χ0) is 20.9. The van der Waals surface area contributed by atoms with Crippen LogP contribution in [0.2, 0.25) is 0 Å². The van der Waals surface area contributed by atoms with Crippen LogP contribution in [0, 0.1) is 0 Å². The normalized spacial score (nSPS) is 14.7. The molecular formula is C21H31N3O4. The zero-order valence-corrected chi connectivity index (χ0v) is 17.6. The molecule has 7 nitrogen and oxygen atoms in total. The summed E-state index contributed by atoms with van der Waals surface area (Å²) in [5, 5.41) is 5.50. The van der Waals surface area contributed by atoms with Crippen LogP contribution in [-0.4, -0.2) is 29.3 Å². The molecule has 0 aliphatic heterocycles. The highest BCUT2D eigenvalue weighted by Crippen LogP contribution is 2.24. The van der Waals surface area contributed by atoms with Crippen LogP contribution in [0.25, 0.3) is 0 Å². The molecular weight excluding hydrogens is 358 g/mol. The molecule has 7 heteroatoms. The van der Waals surface area contributed by atoms with Crippen molar-refractivity contribution in [1.82, 2.24) is 5.32 Å². The quantitative estimate of drug-likeness (QED) is 0.532. The van der Waals surface area contributed by atoms with E-state index in [1.54, 1.807) is 41.5 Å². The van der Waals surface area contributed by atoms with E-state index in [2.05, 4.69) is 21.7 Å². The molecule has 0 fully saturated rings. The largest absolute Gasteiger partial charge is 0.444 e. The summed E-state index contributed by atoms with van der Waals surface area (Å²) in [4.78, 5) is 28.1. The van der Waals surface area contributed by atoms with E-state index in [0.717, 1.165) is 24.9 Å². The number of aryl methyl sites for hydroxylation is 2. The van der Waals surface area contributed by atoms with Crippen molar-refractivity contribution in [1.29, 1.82) is 0 Å². The number of hydrogen-bond donors (Lipinski definition) is 2. The third-order valence-electron chi connectivity index (χ3n) is 3.83. The van der Waals surface area contributed by atoms with Crippen LogP contribution in [0.5, 0.6) is 0 Å². The minimum atomic E-state index is -0.802. The number of aliphatic imine (C=N–C) groups is 1. The highest BCUT2D eigenvalue weighted by atomic mass is 16.6. The number of benzene rings is 1. The summed E-state index contributed by atoms with van der Waals surface area (Å²) in [7, 11) is 0. The number of anilines is 1. The van der Waals surface area contributed by atoms with Crippen molar-refractivity contribution in [2.75, 3.05) is 5.32 Å². The molecule has 0 unspecified atom stereocenters. The van der Waals surface area contributed by atoms with Crippen LogP contribution in [-0.2, 0) is 22.3 Å². The zero-order valence-electron chi connectivity index (χ0n) is 17.6. The number of rotatable bonds is 1. The van der Waals surface area contributed by atoms with Gasteiger partial charge in [-0.25, -0.2) is 9.59 Å². The van der Waals surface area contributed by atoms with Gasteiger partial charge in [0.25, 0.3) is 0 Å². The highest BCUT2D eigenvalue weighted by Gasteiger charge is 2.20. The number of alkyl carbamates (subject to hydrolysis) is 1. The molecule has 0 bridgehead atoms.